The predicted molar refractivity (Wildman–Crippen MR) is 85.9 cm³/mol. The number of hydrogen-bond donors (Lipinski definition) is 1. The van der Waals surface area contributed by atoms with Crippen molar-refractivity contribution in [2.45, 2.75) is 25.8 Å². The van der Waals surface area contributed by atoms with E-state index in [9.17, 15) is 5.11 Å². The third-order valence-corrected chi connectivity index (χ3v) is 4.41. The Bertz CT molecular complexity index is 486. The number of aliphatic hydroxyl groups excluding tert-OH is 1. The molecule has 1 aliphatic heterocycles. The number of benzene rings is 1. The molecule has 1 N–H and O–H groups in total. The molecule has 124 valence electrons. The van der Waals surface area contributed by atoms with Crippen LogP contribution in [-0.4, -0.2) is 51.0 Å². The number of nitrogens with zero attached hydrogens (tertiary/aromatic N) is 1. The van der Waals surface area contributed by atoms with Crippen molar-refractivity contribution in [1.82, 2.24) is 4.90 Å². The van der Waals surface area contributed by atoms with Crippen LogP contribution in [0.1, 0.15) is 31.4 Å². The SMILES string of the molecule is COc1ccc(C(C(C)CO)N2CCCC2)c(OC)c1OC. The highest BCUT2D eigenvalue weighted by Gasteiger charge is 2.32. The van der Waals surface area contributed by atoms with Crippen molar-refractivity contribution in [3.8, 4) is 17.2 Å². The van der Waals surface area contributed by atoms with Crippen LogP contribution in [0.15, 0.2) is 12.1 Å². The summed E-state index contributed by atoms with van der Waals surface area (Å²) in [6, 6.07) is 4.04. The van der Waals surface area contributed by atoms with E-state index >= 15 is 0 Å². The summed E-state index contributed by atoms with van der Waals surface area (Å²) < 4.78 is 16.5. The molecule has 1 fully saturated rings. The lowest BCUT2D eigenvalue weighted by molar-refractivity contribution is 0.123. The first-order valence-electron chi connectivity index (χ1n) is 7.81. The average molecular weight is 309 g/mol. The zero-order valence-corrected chi connectivity index (χ0v) is 14.0. The molecular formula is C17H27NO4. The van der Waals surface area contributed by atoms with E-state index in [4.69, 9.17) is 14.2 Å². The summed E-state index contributed by atoms with van der Waals surface area (Å²) in [5, 5.41) is 9.69. The lowest BCUT2D eigenvalue weighted by Crippen LogP contribution is -2.32. The van der Waals surface area contributed by atoms with Crippen LogP contribution in [0.25, 0.3) is 0 Å². The van der Waals surface area contributed by atoms with Gasteiger partial charge in [0.15, 0.2) is 11.5 Å². The molecule has 1 aromatic rings. The normalized spacial score (nSPS) is 18.0. The van der Waals surface area contributed by atoms with Crippen molar-refractivity contribution in [2.24, 2.45) is 5.92 Å². The molecule has 0 bridgehead atoms. The highest BCUT2D eigenvalue weighted by atomic mass is 16.5. The fraction of sp³-hybridized carbons (Fsp3) is 0.647. The van der Waals surface area contributed by atoms with Crippen LogP contribution in [0.5, 0.6) is 17.2 Å². The summed E-state index contributed by atoms with van der Waals surface area (Å²) in [5.41, 5.74) is 1.05. The zero-order valence-electron chi connectivity index (χ0n) is 14.0. The molecule has 1 heterocycles. The van der Waals surface area contributed by atoms with Crippen molar-refractivity contribution in [2.75, 3.05) is 41.0 Å². The Balaban J connectivity index is 2.50. The van der Waals surface area contributed by atoms with Crippen molar-refractivity contribution >= 4 is 0 Å². The number of ether oxygens (including phenoxy) is 3. The molecule has 5 nitrogen and oxygen atoms in total. The standard InChI is InChI=1S/C17H27NO4/c1-12(11-19)15(18-9-5-6-10-18)13-7-8-14(20-2)17(22-4)16(13)21-3/h7-8,12,15,19H,5-6,9-11H2,1-4H3. The third-order valence-electron chi connectivity index (χ3n) is 4.41. The minimum atomic E-state index is 0.113. The minimum Gasteiger partial charge on any atom is -0.493 e. The highest BCUT2D eigenvalue weighted by molar-refractivity contribution is 5.56. The first kappa shape index (κ1) is 16.9. The van der Waals surface area contributed by atoms with Gasteiger partial charge in [-0.1, -0.05) is 6.92 Å². The molecule has 0 saturated carbocycles. The Hall–Kier alpha value is -1.46. The molecule has 2 rings (SSSR count). The second-order valence-electron chi connectivity index (χ2n) is 5.77. The molecule has 2 atom stereocenters. The Morgan fingerprint density at radius 1 is 1.05 bits per heavy atom. The van der Waals surface area contributed by atoms with Crippen molar-refractivity contribution in [1.29, 1.82) is 0 Å². The van der Waals surface area contributed by atoms with Crippen LogP contribution in [0.3, 0.4) is 0 Å². The highest BCUT2D eigenvalue weighted by Crippen LogP contribution is 2.45. The molecule has 1 saturated heterocycles. The molecule has 0 aliphatic carbocycles. The topological polar surface area (TPSA) is 51.2 Å². The third kappa shape index (κ3) is 3.15. The first-order valence-corrected chi connectivity index (χ1v) is 7.81. The maximum Gasteiger partial charge on any atom is 0.203 e. The van der Waals surface area contributed by atoms with Gasteiger partial charge in [0.2, 0.25) is 5.75 Å². The number of aliphatic hydroxyl groups is 1. The smallest absolute Gasteiger partial charge is 0.203 e. The molecule has 1 aliphatic rings. The molecular weight excluding hydrogens is 282 g/mol. The van der Waals surface area contributed by atoms with Gasteiger partial charge in [-0.2, -0.15) is 0 Å². The van der Waals surface area contributed by atoms with E-state index < -0.39 is 0 Å². The lowest BCUT2D eigenvalue weighted by Gasteiger charge is -2.33. The van der Waals surface area contributed by atoms with Crippen LogP contribution >= 0.6 is 0 Å². The van der Waals surface area contributed by atoms with Crippen molar-refractivity contribution in [3.05, 3.63) is 17.7 Å². The van der Waals surface area contributed by atoms with Gasteiger partial charge in [0, 0.05) is 18.2 Å². The van der Waals surface area contributed by atoms with Gasteiger partial charge >= 0.3 is 0 Å². The van der Waals surface area contributed by atoms with E-state index in [1.807, 2.05) is 12.1 Å². The van der Waals surface area contributed by atoms with Crippen molar-refractivity contribution < 1.29 is 19.3 Å². The van der Waals surface area contributed by atoms with Gasteiger partial charge in [-0.3, -0.25) is 4.90 Å². The average Bonchev–Trinajstić information content (AvgIpc) is 3.08. The zero-order chi connectivity index (χ0) is 16.1. The Morgan fingerprint density at radius 2 is 1.68 bits per heavy atom. The van der Waals surface area contributed by atoms with E-state index in [0.717, 1.165) is 18.7 Å². The second-order valence-corrected chi connectivity index (χ2v) is 5.77. The Labute approximate surface area is 132 Å². The number of methoxy groups -OCH3 is 3. The van der Waals surface area contributed by atoms with Gasteiger partial charge in [0.05, 0.1) is 21.3 Å². The lowest BCUT2D eigenvalue weighted by atomic mass is 9.92. The second kappa shape index (κ2) is 7.70. The van der Waals surface area contributed by atoms with Crippen molar-refractivity contribution in [3.63, 3.8) is 0 Å². The van der Waals surface area contributed by atoms with Gasteiger partial charge in [0.25, 0.3) is 0 Å². The molecule has 0 aromatic heterocycles. The molecule has 5 heteroatoms. The summed E-state index contributed by atoms with van der Waals surface area (Å²) >= 11 is 0. The maximum absolute atomic E-state index is 9.69. The first-order chi connectivity index (χ1) is 10.7. The van der Waals surface area contributed by atoms with Crippen LogP contribution in [-0.2, 0) is 0 Å². The minimum absolute atomic E-state index is 0.113. The fourth-order valence-corrected chi connectivity index (χ4v) is 3.34. The van der Waals surface area contributed by atoms with Gasteiger partial charge in [-0.25, -0.2) is 0 Å². The van der Waals surface area contributed by atoms with Crippen LogP contribution in [0.4, 0.5) is 0 Å². The summed E-state index contributed by atoms with van der Waals surface area (Å²) in [5.74, 6) is 2.07. The van der Waals surface area contributed by atoms with E-state index in [0.29, 0.717) is 17.2 Å². The predicted octanol–water partition coefficient (Wildman–Crippen LogP) is 2.48. The van der Waals surface area contributed by atoms with E-state index in [1.165, 1.54) is 12.8 Å². The van der Waals surface area contributed by atoms with Crippen LogP contribution in [0.2, 0.25) is 0 Å². The molecule has 0 amide bonds. The molecule has 0 spiro atoms. The summed E-state index contributed by atoms with van der Waals surface area (Å²) in [7, 11) is 4.88. The van der Waals surface area contributed by atoms with Crippen LogP contribution in [0, 0.1) is 5.92 Å². The van der Waals surface area contributed by atoms with E-state index in [1.54, 1.807) is 21.3 Å². The van der Waals surface area contributed by atoms with E-state index in [2.05, 4.69) is 11.8 Å². The van der Waals surface area contributed by atoms with Gasteiger partial charge < -0.3 is 19.3 Å². The van der Waals surface area contributed by atoms with Gasteiger partial charge in [0.1, 0.15) is 0 Å². The molecule has 22 heavy (non-hydrogen) atoms. The fourth-order valence-electron chi connectivity index (χ4n) is 3.34. The largest absolute Gasteiger partial charge is 0.493 e. The summed E-state index contributed by atoms with van der Waals surface area (Å²) in [4.78, 5) is 2.42. The number of hydrogen-bond acceptors (Lipinski definition) is 5. The number of likely N-dealkylation sites (tertiary alicyclic amines) is 1. The quantitative estimate of drug-likeness (QED) is 0.838. The molecule has 0 radical (unpaired) electrons. The Morgan fingerprint density at radius 3 is 2.18 bits per heavy atom. The monoisotopic (exact) mass is 309 g/mol. The van der Waals surface area contributed by atoms with Gasteiger partial charge in [-0.05, 0) is 44.0 Å². The molecule has 2 unspecified atom stereocenters. The summed E-state index contributed by atoms with van der Waals surface area (Å²) in [6.45, 7) is 4.30. The van der Waals surface area contributed by atoms with Crippen LogP contribution < -0.4 is 14.2 Å². The number of rotatable bonds is 7. The van der Waals surface area contributed by atoms with Gasteiger partial charge in [-0.15, -0.1) is 0 Å². The van der Waals surface area contributed by atoms with E-state index in [-0.39, 0.29) is 18.6 Å². The maximum atomic E-state index is 9.69. The summed E-state index contributed by atoms with van der Waals surface area (Å²) in [6.07, 6.45) is 2.40. The Kier molecular flexibility index (Phi) is 5.91. The molecule has 1 aromatic carbocycles.